The molecule has 1 saturated heterocycles. The summed E-state index contributed by atoms with van der Waals surface area (Å²) in [6.07, 6.45) is 32.2. The maximum atomic E-state index is 14.1. The number of thiophene rings is 1. The van der Waals surface area contributed by atoms with Gasteiger partial charge in [0.2, 0.25) is 5.91 Å². The molecule has 1 fully saturated rings. The Labute approximate surface area is 370 Å². The van der Waals surface area contributed by atoms with Gasteiger partial charge in [-0.2, -0.15) is 0 Å². The zero-order valence-electron chi connectivity index (χ0n) is 36.0. The van der Waals surface area contributed by atoms with Crippen molar-refractivity contribution < 1.29 is 33.7 Å². The van der Waals surface area contributed by atoms with Crippen LogP contribution in [0.3, 0.4) is 0 Å². The van der Waals surface area contributed by atoms with Crippen LogP contribution in [0.2, 0.25) is 0 Å². The van der Waals surface area contributed by atoms with Crippen molar-refractivity contribution in [2.24, 2.45) is 0 Å². The Morgan fingerprint density at radius 1 is 0.774 bits per heavy atom. The smallest absolute Gasteiger partial charge is 0.333 e. The van der Waals surface area contributed by atoms with E-state index in [1.54, 1.807) is 61.5 Å². The van der Waals surface area contributed by atoms with Crippen molar-refractivity contribution in [2.75, 3.05) is 39.5 Å². The Balaban J connectivity index is 1.04. The molecule has 1 amide bonds. The number of carbonyl (C=O) groups excluding carboxylic acids is 3. The van der Waals surface area contributed by atoms with Crippen molar-refractivity contribution >= 4 is 39.1 Å². The highest BCUT2D eigenvalue weighted by Crippen LogP contribution is 2.41. The number of nitrogens with zero attached hydrogens (tertiary/aromatic N) is 1. The Bertz CT molecular complexity index is 2210. The molecule has 2 N–H and O–H groups in total. The van der Waals surface area contributed by atoms with Gasteiger partial charge in [-0.05, 0) is 124 Å². The van der Waals surface area contributed by atoms with Crippen LogP contribution in [-0.4, -0.2) is 73.2 Å². The molecule has 0 aliphatic carbocycles. The van der Waals surface area contributed by atoms with Crippen LogP contribution in [0.1, 0.15) is 81.1 Å². The summed E-state index contributed by atoms with van der Waals surface area (Å²) in [7, 11) is 0. The molecule has 1 aliphatic rings. The van der Waals surface area contributed by atoms with Crippen LogP contribution >= 0.6 is 11.3 Å². The van der Waals surface area contributed by atoms with E-state index in [9.17, 15) is 19.5 Å². The highest BCUT2D eigenvalue weighted by molar-refractivity contribution is 7.22. The molecule has 0 bridgehead atoms. The van der Waals surface area contributed by atoms with Gasteiger partial charge >= 0.3 is 5.97 Å². The molecule has 10 heteroatoms. The molecule has 2 heterocycles. The quantitative estimate of drug-likeness (QED) is 0.0310. The number of rotatable bonds is 24. The van der Waals surface area contributed by atoms with E-state index >= 15 is 0 Å². The van der Waals surface area contributed by atoms with E-state index < -0.39 is 12.0 Å². The molecular weight excluding hydrogens is 797 g/mol. The van der Waals surface area contributed by atoms with Gasteiger partial charge < -0.3 is 24.6 Å². The summed E-state index contributed by atoms with van der Waals surface area (Å²) in [5.74, 6) is 0.145. The third kappa shape index (κ3) is 15.9. The minimum absolute atomic E-state index is 0.111. The summed E-state index contributed by atoms with van der Waals surface area (Å²) in [4.78, 5) is 42.6. The number of hydrogen-bond donors (Lipinski definition) is 2. The van der Waals surface area contributed by atoms with E-state index in [-0.39, 0.29) is 23.9 Å². The number of allylic oxidation sites excluding steroid dienone is 12. The van der Waals surface area contributed by atoms with Crippen LogP contribution in [0.15, 0.2) is 140 Å². The standard InChI is InChI=1S/C52H60N2O7S/c1-3-4-5-6-7-8-9-10-11-12-13-14-15-16-17-18-19-20-21-22-48(56)53-40(2)52(58)61-45-30-25-42(26-31-45)51-49(46-32-27-43(55)39-47(46)62-51)50(57)41-23-28-44(29-24-41)60-38-35-54-33-36-59-37-34-54/h4-5,7-8,10-11,13-14,16-17,19-20,23-32,39-40,55H,3,6,9,12,15,18,21-22,33-38H2,1-2H3,(H,53,56). The number of phenols is 1. The number of phenolic OH excluding ortho intramolecular Hbond substituents is 1. The molecular formula is C52H60N2O7S. The van der Waals surface area contributed by atoms with Crippen molar-refractivity contribution in [2.45, 2.75) is 71.3 Å². The SMILES string of the molecule is CCC=CCC=CCC=CCC=CCC=CCC=CCCC(=O)NC(C)C(=O)Oc1ccc(-c2sc3cc(O)ccc3c2C(=O)c2ccc(OCCN3CCOCC3)cc2)cc1. The summed E-state index contributed by atoms with van der Waals surface area (Å²) < 4.78 is 17.7. The van der Waals surface area contributed by atoms with Crippen LogP contribution in [0.5, 0.6) is 17.2 Å². The van der Waals surface area contributed by atoms with Crippen LogP contribution in [0.4, 0.5) is 0 Å². The zero-order chi connectivity index (χ0) is 43.8. The van der Waals surface area contributed by atoms with Gasteiger partial charge in [0.25, 0.3) is 0 Å². The monoisotopic (exact) mass is 856 g/mol. The maximum absolute atomic E-state index is 14.1. The van der Waals surface area contributed by atoms with E-state index in [1.807, 2.05) is 24.3 Å². The fraction of sp³-hybridized carbons (Fsp3) is 0.327. The lowest BCUT2D eigenvalue weighted by Gasteiger charge is -2.26. The third-order valence-corrected chi connectivity index (χ3v) is 11.2. The molecule has 4 aromatic rings. The molecule has 9 nitrogen and oxygen atoms in total. The van der Waals surface area contributed by atoms with Gasteiger partial charge in [-0.25, -0.2) is 4.79 Å². The van der Waals surface area contributed by atoms with Crippen molar-refractivity contribution in [3.05, 3.63) is 151 Å². The zero-order valence-corrected chi connectivity index (χ0v) is 36.8. The number of esters is 1. The Kier molecular flexibility index (Phi) is 20.2. The third-order valence-electron chi connectivity index (χ3n) is 10.00. The summed E-state index contributed by atoms with van der Waals surface area (Å²) in [5, 5.41) is 13.7. The summed E-state index contributed by atoms with van der Waals surface area (Å²) in [6, 6.07) is 18.3. The number of nitrogens with one attached hydrogen (secondary N) is 1. The number of hydrogen-bond acceptors (Lipinski definition) is 9. The van der Waals surface area contributed by atoms with Gasteiger partial charge in [0.05, 0.1) is 13.2 Å². The summed E-state index contributed by atoms with van der Waals surface area (Å²) in [5.41, 5.74) is 1.79. The number of amides is 1. The van der Waals surface area contributed by atoms with E-state index in [4.69, 9.17) is 14.2 Å². The fourth-order valence-electron chi connectivity index (χ4n) is 6.58. The molecule has 0 radical (unpaired) electrons. The van der Waals surface area contributed by atoms with E-state index in [0.29, 0.717) is 35.7 Å². The molecule has 1 atom stereocenters. The minimum atomic E-state index is -0.839. The molecule has 62 heavy (non-hydrogen) atoms. The molecule has 0 spiro atoms. The second-order valence-corrected chi connectivity index (χ2v) is 15.9. The highest BCUT2D eigenvalue weighted by atomic mass is 32.1. The molecule has 326 valence electrons. The minimum Gasteiger partial charge on any atom is -0.508 e. The van der Waals surface area contributed by atoms with Gasteiger partial charge in [0.15, 0.2) is 5.78 Å². The molecule has 1 aromatic heterocycles. The first-order valence-electron chi connectivity index (χ1n) is 21.7. The lowest BCUT2D eigenvalue weighted by Crippen LogP contribution is -2.40. The first-order valence-corrected chi connectivity index (χ1v) is 22.5. The van der Waals surface area contributed by atoms with Gasteiger partial charge in [-0.15, -0.1) is 11.3 Å². The van der Waals surface area contributed by atoms with Crippen molar-refractivity contribution in [1.82, 2.24) is 10.2 Å². The summed E-state index contributed by atoms with van der Waals surface area (Å²) in [6.45, 7) is 8.35. The average Bonchev–Trinajstić information content (AvgIpc) is 3.66. The van der Waals surface area contributed by atoms with Gasteiger partial charge in [0.1, 0.15) is 29.9 Å². The van der Waals surface area contributed by atoms with E-state index in [0.717, 1.165) is 91.9 Å². The lowest BCUT2D eigenvalue weighted by molar-refractivity contribution is -0.138. The van der Waals surface area contributed by atoms with Gasteiger partial charge in [-0.1, -0.05) is 79.8 Å². The number of ketones is 1. The van der Waals surface area contributed by atoms with Crippen molar-refractivity contribution in [3.63, 3.8) is 0 Å². The Morgan fingerprint density at radius 3 is 1.97 bits per heavy atom. The number of ether oxygens (including phenoxy) is 3. The second-order valence-electron chi connectivity index (χ2n) is 14.8. The predicted molar refractivity (Wildman–Crippen MR) is 252 cm³/mol. The van der Waals surface area contributed by atoms with Crippen LogP contribution in [0, 0.1) is 0 Å². The lowest BCUT2D eigenvalue weighted by atomic mass is 9.97. The molecule has 3 aromatic carbocycles. The molecule has 5 rings (SSSR count). The first-order chi connectivity index (χ1) is 30.3. The molecule has 0 saturated carbocycles. The Hall–Kier alpha value is -5.81. The van der Waals surface area contributed by atoms with Crippen LogP contribution in [-0.2, 0) is 14.3 Å². The van der Waals surface area contributed by atoms with Crippen molar-refractivity contribution in [1.29, 1.82) is 0 Å². The van der Waals surface area contributed by atoms with E-state index in [1.165, 1.54) is 11.3 Å². The topological polar surface area (TPSA) is 114 Å². The number of aromatic hydroxyl groups is 1. The number of morpholine rings is 1. The molecule has 1 aliphatic heterocycles. The summed E-state index contributed by atoms with van der Waals surface area (Å²) >= 11 is 1.40. The second kappa shape index (κ2) is 26.5. The molecule has 1 unspecified atom stereocenters. The largest absolute Gasteiger partial charge is 0.508 e. The Morgan fingerprint density at radius 2 is 1.35 bits per heavy atom. The fourth-order valence-corrected chi connectivity index (χ4v) is 7.82. The predicted octanol–water partition coefficient (Wildman–Crippen LogP) is 11.1. The van der Waals surface area contributed by atoms with Crippen molar-refractivity contribution in [3.8, 4) is 27.7 Å². The van der Waals surface area contributed by atoms with Gasteiger partial charge in [0, 0.05) is 52.1 Å². The average molecular weight is 857 g/mol. The maximum Gasteiger partial charge on any atom is 0.333 e. The highest BCUT2D eigenvalue weighted by Gasteiger charge is 2.23. The van der Waals surface area contributed by atoms with E-state index in [2.05, 4.69) is 77.9 Å². The number of fused-ring (bicyclic) bond motifs is 1. The van der Waals surface area contributed by atoms with Gasteiger partial charge in [-0.3, -0.25) is 14.5 Å². The van der Waals surface area contributed by atoms with Crippen LogP contribution < -0.4 is 14.8 Å². The first kappa shape index (κ1) is 47.2. The van der Waals surface area contributed by atoms with Crippen LogP contribution in [0.25, 0.3) is 20.5 Å². The normalized spacial score (nSPS) is 14.4. The number of carbonyl (C=O) groups is 3. The number of benzene rings is 3.